The molecule has 0 N–H and O–H groups in total. The lowest BCUT2D eigenvalue weighted by Crippen LogP contribution is -2.00. The Balaban J connectivity index is 1.73. The van der Waals surface area contributed by atoms with Crippen LogP contribution in [0.4, 0.5) is 0 Å². The Kier molecular flexibility index (Phi) is 3.43. The summed E-state index contributed by atoms with van der Waals surface area (Å²) in [6.07, 6.45) is 0. The molecule has 1 aromatic heterocycles. The minimum atomic E-state index is 1.19. The molecule has 4 aromatic carbocycles. The van der Waals surface area contributed by atoms with Gasteiger partial charge in [-0.15, -0.1) is 0 Å². The molecular formula is C24H18BN. The smallest absolute Gasteiger partial charge is 0.139 e. The van der Waals surface area contributed by atoms with Crippen molar-refractivity contribution in [3.8, 4) is 16.8 Å². The largest absolute Gasteiger partial charge is 0.309 e. The van der Waals surface area contributed by atoms with Crippen molar-refractivity contribution in [3.05, 3.63) is 97.1 Å². The molecule has 0 aliphatic heterocycles. The SMILES string of the molecule is Bc1ccc2c(c1)c1ccccc1n2-c1ccc(-c2ccccc2)cc1. The van der Waals surface area contributed by atoms with E-state index in [1.165, 1.54) is 44.1 Å². The Bertz CT molecular complexity index is 1220. The van der Waals surface area contributed by atoms with E-state index in [4.69, 9.17) is 0 Å². The fourth-order valence-corrected chi connectivity index (χ4v) is 3.80. The lowest BCUT2D eigenvalue weighted by Gasteiger charge is -2.09. The third kappa shape index (κ3) is 2.34. The molecule has 0 spiro atoms. The van der Waals surface area contributed by atoms with Crippen LogP contribution in [-0.2, 0) is 0 Å². The zero-order chi connectivity index (χ0) is 17.5. The van der Waals surface area contributed by atoms with Gasteiger partial charge in [-0.25, -0.2) is 0 Å². The van der Waals surface area contributed by atoms with Crippen LogP contribution in [0.2, 0.25) is 0 Å². The van der Waals surface area contributed by atoms with Crippen molar-refractivity contribution >= 4 is 35.1 Å². The van der Waals surface area contributed by atoms with E-state index in [1.54, 1.807) is 0 Å². The van der Waals surface area contributed by atoms with Crippen molar-refractivity contribution in [3.63, 3.8) is 0 Å². The molecule has 26 heavy (non-hydrogen) atoms. The first-order valence-electron chi connectivity index (χ1n) is 8.97. The molecule has 2 heteroatoms. The molecule has 5 rings (SSSR count). The van der Waals surface area contributed by atoms with E-state index in [9.17, 15) is 0 Å². The quantitative estimate of drug-likeness (QED) is 0.413. The third-order valence-corrected chi connectivity index (χ3v) is 5.06. The summed E-state index contributed by atoms with van der Waals surface area (Å²) in [7, 11) is 2.15. The molecule has 0 atom stereocenters. The van der Waals surface area contributed by atoms with Crippen LogP contribution in [0.25, 0.3) is 38.6 Å². The van der Waals surface area contributed by atoms with Gasteiger partial charge in [0.25, 0.3) is 0 Å². The van der Waals surface area contributed by atoms with Crippen LogP contribution >= 0.6 is 0 Å². The molecule has 5 aromatic rings. The van der Waals surface area contributed by atoms with Crippen molar-refractivity contribution in [1.29, 1.82) is 0 Å². The van der Waals surface area contributed by atoms with Crippen LogP contribution in [-0.4, -0.2) is 12.4 Å². The lowest BCUT2D eigenvalue weighted by molar-refractivity contribution is 1.18. The maximum absolute atomic E-state index is 2.36. The molecule has 122 valence electrons. The number of hydrogen-bond donors (Lipinski definition) is 0. The van der Waals surface area contributed by atoms with Gasteiger partial charge in [-0.05, 0) is 35.4 Å². The Labute approximate surface area is 153 Å². The fourth-order valence-electron chi connectivity index (χ4n) is 3.80. The highest BCUT2D eigenvalue weighted by Crippen LogP contribution is 2.32. The van der Waals surface area contributed by atoms with Crippen LogP contribution < -0.4 is 5.46 Å². The van der Waals surface area contributed by atoms with Gasteiger partial charge in [0.1, 0.15) is 7.85 Å². The summed E-state index contributed by atoms with van der Waals surface area (Å²) in [4.78, 5) is 0. The maximum atomic E-state index is 2.36. The van der Waals surface area contributed by atoms with E-state index < -0.39 is 0 Å². The minimum Gasteiger partial charge on any atom is -0.309 e. The van der Waals surface area contributed by atoms with Crippen LogP contribution in [0.1, 0.15) is 0 Å². The highest BCUT2D eigenvalue weighted by Gasteiger charge is 2.11. The monoisotopic (exact) mass is 331 g/mol. The second-order valence-electron chi connectivity index (χ2n) is 6.79. The van der Waals surface area contributed by atoms with Gasteiger partial charge in [0.15, 0.2) is 0 Å². The number of rotatable bonds is 2. The summed E-state index contributed by atoms with van der Waals surface area (Å²) < 4.78 is 2.36. The molecule has 0 aliphatic rings. The van der Waals surface area contributed by atoms with Gasteiger partial charge in [-0.2, -0.15) is 0 Å². The number of aromatic nitrogens is 1. The molecule has 1 heterocycles. The first-order chi connectivity index (χ1) is 12.8. The Morgan fingerprint density at radius 3 is 2.00 bits per heavy atom. The van der Waals surface area contributed by atoms with Crippen molar-refractivity contribution in [2.24, 2.45) is 0 Å². The highest BCUT2D eigenvalue weighted by atomic mass is 15.0. The molecule has 0 fully saturated rings. The number of benzene rings is 4. The molecule has 0 bridgehead atoms. The Hall–Kier alpha value is -3.26. The van der Waals surface area contributed by atoms with E-state index >= 15 is 0 Å². The van der Waals surface area contributed by atoms with Gasteiger partial charge in [0.2, 0.25) is 0 Å². The molecule has 1 nitrogen and oxygen atoms in total. The van der Waals surface area contributed by atoms with E-state index in [-0.39, 0.29) is 0 Å². The predicted molar refractivity (Wildman–Crippen MR) is 114 cm³/mol. The Morgan fingerprint density at radius 1 is 0.538 bits per heavy atom. The summed E-state index contributed by atoms with van der Waals surface area (Å²) in [6, 6.07) is 34.7. The minimum absolute atomic E-state index is 1.19. The van der Waals surface area contributed by atoms with Gasteiger partial charge in [-0.1, -0.05) is 78.3 Å². The Morgan fingerprint density at radius 2 is 1.19 bits per heavy atom. The van der Waals surface area contributed by atoms with Gasteiger partial charge >= 0.3 is 0 Å². The summed E-state index contributed by atoms with van der Waals surface area (Å²) in [6.45, 7) is 0. The molecule has 0 unspecified atom stereocenters. The first kappa shape index (κ1) is 15.0. The normalized spacial score (nSPS) is 11.2. The average Bonchev–Trinajstić information content (AvgIpc) is 3.02. The summed E-state index contributed by atoms with van der Waals surface area (Å²) in [5.74, 6) is 0. The lowest BCUT2D eigenvalue weighted by atomic mass is 9.94. The van der Waals surface area contributed by atoms with E-state index in [0.717, 1.165) is 0 Å². The molecule has 0 aliphatic carbocycles. The molecule has 0 radical (unpaired) electrons. The van der Waals surface area contributed by atoms with E-state index in [1.807, 2.05) is 0 Å². The number of hydrogen-bond acceptors (Lipinski definition) is 0. The number of para-hydroxylation sites is 1. The van der Waals surface area contributed by atoms with E-state index in [2.05, 4.69) is 109 Å². The summed E-state index contributed by atoms with van der Waals surface area (Å²) >= 11 is 0. The van der Waals surface area contributed by atoms with E-state index in [0.29, 0.717) is 0 Å². The first-order valence-corrected chi connectivity index (χ1v) is 8.97. The van der Waals surface area contributed by atoms with Gasteiger partial charge < -0.3 is 4.57 Å². The molecule has 0 amide bonds. The van der Waals surface area contributed by atoms with Crippen LogP contribution in [0, 0.1) is 0 Å². The highest BCUT2D eigenvalue weighted by molar-refractivity contribution is 6.33. The summed E-state index contributed by atoms with van der Waals surface area (Å²) in [5, 5.41) is 2.62. The molecule has 0 saturated heterocycles. The van der Waals surface area contributed by atoms with Crippen LogP contribution in [0.3, 0.4) is 0 Å². The fraction of sp³-hybridized carbons (Fsp3) is 0. The average molecular weight is 331 g/mol. The van der Waals surface area contributed by atoms with Crippen LogP contribution in [0.15, 0.2) is 97.1 Å². The molecule has 0 saturated carbocycles. The summed E-state index contributed by atoms with van der Waals surface area (Å²) in [5.41, 5.74) is 7.48. The number of fused-ring (bicyclic) bond motifs is 3. The zero-order valence-corrected chi connectivity index (χ0v) is 14.7. The van der Waals surface area contributed by atoms with Gasteiger partial charge in [-0.3, -0.25) is 0 Å². The van der Waals surface area contributed by atoms with Crippen molar-refractivity contribution in [2.45, 2.75) is 0 Å². The molecular weight excluding hydrogens is 313 g/mol. The maximum Gasteiger partial charge on any atom is 0.139 e. The third-order valence-electron chi connectivity index (χ3n) is 5.06. The second-order valence-corrected chi connectivity index (χ2v) is 6.79. The van der Waals surface area contributed by atoms with Crippen LogP contribution in [0.5, 0.6) is 0 Å². The van der Waals surface area contributed by atoms with Crippen molar-refractivity contribution in [1.82, 2.24) is 4.57 Å². The number of nitrogens with zero attached hydrogens (tertiary/aromatic N) is 1. The topological polar surface area (TPSA) is 4.93 Å². The van der Waals surface area contributed by atoms with Gasteiger partial charge in [0, 0.05) is 16.5 Å². The van der Waals surface area contributed by atoms with Crippen molar-refractivity contribution in [2.75, 3.05) is 0 Å². The predicted octanol–water partition coefficient (Wildman–Crippen LogP) is 4.71. The van der Waals surface area contributed by atoms with Crippen molar-refractivity contribution < 1.29 is 0 Å². The second kappa shape index (κ2) is 5.92. The standard InChI is InChI=1S/C24H18BN/c25-19-12-15-24-22(16-19)21-8-4-5-9-23(21)26(24)20-13-10-18(11-14-20)17-6-2-1-3-7-17/h1-16H,25H2. The zero-order valence-electron chi connectivity index (χ0n) is 14.7. The van der Waals surface area contributed by atoms with Gasteiger partial charge in [0.05, 0.1) is 11.0 Å².